The summed E-state index contributed by atoms with van der Waals surface area (Å²) in [5.41, 5.74) is 0.370. The molecular weight excluding hydrogens is 276 g/mol. The molecule has 6 heteroatoms. The molecule has 1 aliphatic carbocycles. The quantitative estimate of drug-likeness (QED) is 0.837. The Labute approximate surface area is 124 Å². The molecule has 112 valence electrons. The average Bonchev–Trinajstić information content (AvgIpc) is 3.19. The smallest absolute Gasteiger partial charge is 0.291 e. The molecule has 1 saturated carbocycles. The van der Waals surface area contributed by atoms with Gasteiger partial charge in [0.15, 0.2) is 0 Å². The van der Waals surface area contributed by atoms with Crippen LogP contribution in [-0.4, -0.2) is 41.4 Å². The lowest BCUT2D eigenvalue weighted by molar-refractivity contribution is 0.390. The molecule has 0 amide bonds. The third-order valence-electron chi connectivity index (χ3n) is 3.53. The van der Waals surface area contributed by atoms with Gasteiger partial charge in [-0.3, -0.25) is 4.79 Å². The van der Waals surface area contributed by atoms with Crippen molar-refractivity contribution in [3.63, 3.8) is 0 Å². The first-order valence-corrected chi connectivity index (χ1v) is 7.52. The van der Waals surface area contributed by atoms with Crippen molar-refractivity contribution < 1.29 is 0 Å². The minimum absolute atomic E-state index is 0.110. The van der Waals surface area contributed by atoms with Gasteiger partial charge in [0.2, 0.25) is 0 Å². The van der Waals surface area contributed by atoms with Crippen LogP contribution in [0.4, 0.5) is 5.69 Å². The van der Waals surface area contributed by atoms with Crippen LogP contribution in [0.3, 0.4) is 0 Å². The van der Waals surface area contributed by atoms with E-state index in [0.717, 1.165) is 13.0 Å². The number of nitrogens with zero attached hydrogens (tertiary/aromatic N) is 3. The fourth-order valence-electron chi connectivity index (χ4n) is 2.04. The van der Waals surface area contributed by atoms with Crippen molar-refractivity contribution in [3.8, 4) is 0 Å². The highest BCUT2D eigenvalue weighted by atomic mass is 35.5. The van der Waals surface area contributed by atoms with Crippen LogP contribution in [0, 0.1) is 5.92 Å². The van der Waals surface area contributed by atoms with Crippen LogP contribution in [0.25, 0.3) is 0 Å². The Morgan fingerprint density at radius 2 is 2.25 bits per heavy atom. The molecule has 20 heavy (non-hydrogen) atoms. The second-order valence-corrected chi connectivity index (χ2v) is 6.34. The maximum atomic E-state index is 12.4. The summed E-state index contributed by atoms with van der Waals surface area (Å²) in [5.74, 6) is 0.611. The van der Waals surface area contributed by atoms with Gasteiger partial charge >= 0.3 is 0 Å². The van der Waals surface area contributed by atoms with Gasteiger partial charge in [-0.05, 0) is 52.7 Å². The van der Waals surface area contributed by atoms with E-state index < -0.39 is 0 Å². The van der Waals surface area contributed by atoms with Crippen LogP contribution in [0.15, 0.2) is 11.0 Å². The molecule has 5 nitrogen and oxygen atoms in total. The minimum atomic E-state index is -0.110. The van der Waals surface area contributed by atoms with Gasteiger partial charge in [-0.2, -0.15) is 5.10 Å². The van der Waals surface area contributed by atoms with Crippen molar-refractivity contribution >= 4 is 17.3 Å². The summed E-state index contributed by atoms with van der Waals surface area (Å²) >= 11 is 6.11. The Kier molecular flexibility index (Phi) is 5.05. The van der Waals surface area contributed by atoms with Crippen molar-refractivity contribution in [3.05, 3.63) is 21.6 Å². The molecule has 0 bridgehead atoms. The molecule has 1 aromatic heterocycles. The van der Waals surface area contributed by atoms with Gasteiger partial charge in [0, 0.05) is 12.6 Å². The van der Waals surface area contributed by atoms with Crippen LogP contribution >= 0.6 is 11.6 Å². The molecule has 0 spiro atoms. The summed E-state index contributed by atoms with van der Waals surface area (Å²) in [5, 5.41) is 7.76. The zero-order chi connectivity index (χ0) is 14.7. The second kappa shape index (κ2) is 6.59. The molecule has 0 aliphatic heterocycles. The molecule has 1 aromatic rings. The van der Waals surface area contributed by atoms with E-state index in [-0.39, 0.29) is 11.6 Å². The first-order valence-electron chi connectivity index (χ1n) is 7.14. The highest BCUT2D eigenvalue weighted by Crippen LogP contribution is 2.30. The summed E-state index contributed by atoms with van der Waals surface area (Å²) in [6.07, 6.45) is 4.90. The highest BCUT2D eigenvalue weighted by Gasteiger charge is 2.23. The lowest BCUT2D eigenvalue weighted by atomic mass is 10.2. The van der Waals surface area contributed by atoms with Crippen molar-refractivity contribution in [2.45, 2.75) is 38.8 Å². The molecule has 1 fully saturated rings. The zero-order valence-corrected chi connectivity index (χ0v) is 13.2. The molecule has 2 rings (SSSR count). The fourth-order valence-corrected chi connectivity index (χ4v) is 2.22. The summed E-state index contributed by atoms with van der Waals surface area (Å²) in [6.45, 7) is 3.73. The van der Waals surface area contributed by atoms with E-state index in [4.69, 9.17) is 11.6 Å². The van der Waals surface area contributed by atoms with Crippen molar-refractivity contribution in [2.75, 3.05) is 26.0 Å². The molecule has 0 aromatic carbocycles. The topological polar surface area (TPSA) is 50.2 Å². The lowest BCUT2D eigenvalue weighted by Crippen LogP contribution is -2.30. The monoisotopic (exact) mass is 298 g/mol. The van der Waals surface area contributed by atoms with Crippen LogP contribution in [0.1, 0.15) is 26.2 Å². The Morgan fingerprint density at radius 1 is 1.55 bits per heavy atom. The first-order chi connectivity index (χ1) is 9.47. The maximum absolute atomic E-state index is 12.4. The molecule has 0 radical (unpaired) electrons. The van der Waals surface area contributed by atoms with E-state index in [2.05, 4.69) is 22.2 Å². The van der Waals surface area contributed by atoms with E-state index >= 15 is 0 Å². The number of aromatic nitrogens is 2. The van der Waals surface area contributed by atoms with Gasteiger partial charge in [0.1, 0.15) is 5.69 Å². The minimum Gasteiger partial charge on any atom is -0.377 e. The van der Waals surface area contributed by atoms with E-state index in [0.29, 0.717) is 23.2 Å². The molecule has 1 aliphatic rings. The number of halogens is 1. The number of hydrogen-bond donors (Lipinski definition) is 1. The second-order valence-electron chi connectivity index (χ2n) is 5.94. The summed E-state index contributed by atoms with van der Waals surface area (Å²) < 4.78 is 1.53. The number of hydrogen-bond acceptors (Lipinski definition) is 4. The standard InChI is InChI=1S/C14H23ClN4O/c1-10(6-7-18(2)3)17-13-12(15)8-16-19(14(13)20)9-11-4-5-11/h8,10-11,17H,4-7,9H2,1-3H3. The van der Waals surface area contributed by atoms with Crippen LogP contribution in [0.2, 0.25) is 5.02 Å². The molecule has 0 saturated heterocycles. The molecular formula is C14H23ClN4O. The van der Waals surface area contributed by atoms with Crippen molar-refractivity contribution in [1.29, 1.82) is 0 Å². The maximum Gasteiger partial charge on any atom is 0.291 e. The number of rotatable bonds is 7. The highest BCUT2D eigenvalue weighted by molar-refractivity contribution is 6.33. The fraction of sp³-hybridized carbons (Fsp3) is 0.714. The SMILES string of the molecule is CC(CCN(C)C)Nc1c(Cl)cnn(CC2CC2)c1=O. The average molecular weight is 299 g/mol. The molecule has 1 N–H and O–H groups in total. The predicted molar refractivity (Wildman–Crippen MR) is 82.5 cm³/mol. The van der Waals surface area contributed by atoms with Gasteiger partial charge in [-0.1, -0.05) is 11.6 Å². The van der Waals surface area contributed by atoms with Crippen LogP contribution in [0.5, 0.6) is 0 Å². The third kappa shape index (κ3) is 4.21. The number of anilines is 1. The number of nitrogens with one attached hydrogen (secondary N) is 1. The van der Waals surface area contributed by atoms with Crippen molar-refractivity contribution in [2.24, 2.45) is 5.92 Å². The summed E-state index contributed by atoms with van der Waals surface area (Å²) in [7, 11) is 4.07. The van der Waals surface area contributed by atoms with Gasteiger partial charge < -0.3 is 10.2 Å². The molecule has 1 heterocycles. The Morgan fingerprint density at radius 3 is 2.85 bits per heavy atom. The zero-order valence-electron chi connectivity index (χ0n) is 12.4. The van der Waals surface area contributed by atoms with Gasteiger partial charge in [0.25, 0.3) is 5.56 Å². The van der Waals surface area contributed by atoms with E-state index in [1.54, 1.807) is 6.20 Å². The van der Waals surface area contributed by atoms with E-state index in [1.807, 2.05) is 14.1 Å². The molecule has 1 atom stereocenters. The summed E-state index contributed by atoms with van der Waals surface area (Å²) in [4.78, 5) is 14.5. The van der Waals surface area contributed by atoms with E-state index in [1.165, 1.54) is 17.5 Å². The van der Waals surface area contributed by atoms with Gasteiger partial charge in [0.05, 0.1) is 11.2 Å². The Bertz CT molecular complexity index is 510. The van der Waals surface area contributed by atoms with Crippen molar-refractivity contribution in [1.82, 2.24) is 14.7 Å². The predicted octanol–water partition coefficient (Wildman–Crippen LogP) is 2.06. The largest absolute Gasteiger partial charge is 0.377 e. The first kappa shape index (κ1) is 15.3. The lowest BCUT2D eigenvalue weighted by Gasteiger charge is -2.18. The Hall–Kier alpha value is -1.07. The third-order valence-corrected chi connectivity index (χ3v) is 3.81. The van der Waals surface area contributed by atoms with Gasteiger partial charge in [-0.25, -0.2) is 4.68 Å². The van der Waals surface area contributed by atoms with E-state index in [9.17, 15) is 4.79 Å². The Balaban J connectivity index is 2.07. The normalized spacial score (nSPS) is 16.4. The van der Waals surface area contributed by atoms with Crippen LogP contribution in [-0.2, 0) is 6.54 Å². The summed E-state index contributed by atoms with van der Waals surface area (Å²) in [6, 6.07) is 0.194. The van der Waals surface area contributed by atoms with Crippen LogP contribution < -0.4 is 10.9 Å². The molecule has 1 unspecified atom stereocenters. The van der Waals surface area contributed by atoms with Gasteiger partial charge in [-0.15, -0.1) is 0 Å².